The van der Waals surface area contributed by atoms with Crippen LogP contribution in [0.3, 0.4) is 0 Å². The molecule has 0 bridgehead atoms. The van der Waals surface area contributed by atoms with Gasteiger partial charge in [0.15, 0.2) is 5.96 Å². The van der Waals surface area contributed by atoms with Crippen molar-refractivity contribution < 1.29 is 58.8 Å². The fraction of sp³-hybridized carbons (Fsp3) is 0.710. The topological polar surface area (TPSA) is 380 Å². The molecule has 22 heteroatoms. The standard InChI is InChI=1S/C31H56N10O12/c1-14(2)11-19(27(49)41-24(15(3)4)29(51)38-18(30(52)53)7-6-10-35-31(33)34)39-26(48)17(8-9-22(45)46)37-21(44)12-36-25(47)20(13-42)40-28(50)23(32)16(5)43/h14-20,23-24,42-43H,6-13,32H2,1-5H3,(H,36,47)(H,37,44)(H,38,51)(H,39,48)(H,40,50)(H,41,49)(H,45,46)(H,52,53)(H4,33,34,35)/t16-,17+,18+,19+,20+,23+,24+/m1/s1. The Morgan fingerprint density at radius 2 is 1.26 bits per heavy atom. The first-order chi connectivity index (χ1) is 24.6. The van der Waals surface area contributed by atoms with Crippen molar-refractivity contribution in [3.05, 3.63) is 0 Å². The lowest BCUT2D eigenvalue weighted by atomic mass is 9.99. The van der Waals surface area contributed by atoms with Gasteiger partial charge in [-0.2, -0.15) is 0 Å². The van der Waals surface area contributed by atoms with Crippen molar-refractivity contribution in [2.75, 3.05) is 19.7 Å². The zero-order chi connectivity index (χ0) is 41.0. The van der Waals surface area contributed by atoms with E-state index in [1.54, 1.807) is 27.7 Å². The summed E-state index contributed by atoms with van der Waals surface area (Å²) < 4.78 is 0. The van der Waals surface area contributed by atoms with Gasteiger partial charge in [0.2, 0.25) is 35.4 Å². The number of carbonyl (C=O) groups is 8. The molecule has 0 aromatic carbocycles. The number of rotatable bonds is 25. The second-order valence-electron chi connectivity index (χ2n) is 13.0. The van der Waals surface area contributed by atoms with Gasteiger partial charge in [-0.15, -0.1) is 0 Å². The van der Waals surface area contributed by atoms with Crippen molar-refractivity contribution in [2.24, 2.45) is 34.0 Å². The molecule has 0 radical (unpaired) electrons. The van der Waals surface area contributed by atoms with Crippen molar-refractivity contribution in [3.63, 3.8) is 0 Å². The number of nitrogens with zero attached hydrogens (tertiary/aromatic N) is 1. The van der Waals surface area contributed by atoms with E-state index in [0.717, 1.165) is 0 Å². The molecule has 0 rings (SSSR count). The second-order valence-corrected chi connectivity index (χ2v) is 13.0. The Balaban J connectivity index is 5.82. The van der Waals surface area contributed by atoms with Gasteiger partial charge in [0.25, 0.3) is 0 Å². The largest absolute Gasteiger partial charge is 0.481 e. The number of hydrogen-bond acceptors (Lipinski definition) is 12. The zero-order valence-corrected chi connectivity index (χ0v) is 30.6. The number of guanidine groups is 1. The highest BCUT2D eigenvalue weighted by Crippen LogP contribution is 2.10. The highest BCUT2D eigenvalue weighted by Gasteiger charge is 2.33. The summed E-state index contributed by atoms with van der Waals surface area (Å²) in [5.74, 6) is -9.08. The molecule has 6 amide bonds. The number of hydrogen-bond donors (Lipinski definition) is 13. The quantitative estimate of drug-likeness (QED) is 0.0235. The van der Waals surface area contributed by atoms with Crippen molar-refractivity contribution in [1.29, 1.82) is 0 Å². The van der Waals surface area contributed by atoms with E-state index in [-0.39, 0.29) is 37.7 Å². The van der Waals surface area contributed by atoms with Gasteiger partial charge in [-0.1, -0.05) is 27.7 Å². The van der Waals surface area contributed by atoms with Crippen LogP contribution < -0.4 is 49.1 Å². The number of amides is 6. The predicted octanol–water partition coefficient (Wildman–Crippen LogP) is -5.07. The van der Waals surface area contributed by atoms with E-state index < -0.39 is 122 Å². The molecule has 0 aliphatic carbocycles. The van der Waals surface area contributed by atoms with E-state index in [9.17, 15) is 58.8 Å². The van der Waals surface area contributed by atoms with Crippen molar-refractivity contribution in [3.8, 4) is 0 Å². The first-order valence-electron chi connectivity index (χ1n) is 16.9. The van der Waals surface area contributed by atoms with Gasteiger partial charge < -0.3 is 69.5 Å². The van der Waals surface area contributed by atoms with Crippen LogP contribution in [0.4, 0.5) is 0 Å². The Bertz CT molecular complexity index is 1310. The second kappa shape index (κ2) is 24.2. The van der Waals surface area contributed by atoms with Crippen LogP contribution in [0, 0.1) is 11.8 Å². The van der Waals surface area contributed by atoms with Crippen LogP contribution in [-0.2, 0) is 38.4 Å². The molecule has 0 fully saturated rings. The highest BCUT2D eigenvalue weighted by atomic mass is 16.4. The van der Waals surface area contributed by atoms with Gasteiger partial charge in [-0.3, -0.25) is 38.6 Å². The molecular weight excluding hydrogens is 704 g/mol. The Kier molecular flexibility index (Phi) is 21.9. The Morgan fingerprint density at radius 1 is 0.698 bits per heavy atom. The van der Waals surface area contributed by atoms with Gasteiger partial charge in [-0.25, -0.2) is 4.79 Å². The summed E-state index contributed by atoms with van der Waals surface area (Å²) in [6.45, 7) is 6.37. The smallest absolute Gasteiger partial charge is 0.326 e. The molecule has 0 heterocycles. The maximum Gasteiger partial charge on any atom is 0.326 e. The number of aliphatic imine (C=N–C) groups is 1. The maximum atomic E-state index is 13.5. The molecule has 53 heavy (non-hydrogen) atoms. The summed E-state index contributed by atoms with van der Waals surface area (Å²) in [4.78, 5) is 104. The number of carboxylic acids is 2. The number of aliphatic carboxylic acids is 2. The lowest BCUT2D eigenvalue weighted by Crippen LogP contribution is -2.59. The molecule has 0 unspecified atom stereocenters. The minimum Gasteiger partial charge on any atom is -0.481 e. The first kappa shape index (κ1) is 47.9. The van der Waals surface area contributed by atoms with Crippen molar-refractivity contribution in [2.45, 2.75) is 109 Å². The molecule has 0 aromatic heterocycles. The normalized spacial score (nSPS) is 15.0. The average Bonchev–Trinajstić information content (AvgIpc) is 3.06. The molecule has 0 saturated carbocycles. The Hall–Kier alpha value is -5.09. The summed E-state index contributed by atoms with van der Waals surface area (Å²) in [5.41, 5.74) is 16.1. The summed E-state index contributed by atoms with van der Waals surface area (Å²) >= 11 is 0. The van der Waals surface area contributed by atoms with Crippen LogP contribution in [0.5, 0.6) is 0 Å². The fourth-order valence-electron chi connectivity index (χ4n) is 4.54. The summed E-state index contributed by atoms with van der Waals surface area (Å²) in [6.07, 6.45) is -2.04. The van der Waals surface area contributed by atoms with Gasteiger partial charge in [0.1, 0.15) is 36.3 Å². The predicted molar refractivity (Wildman–Crippen MR) is 188 cm³/mol. The molecule has 7 atom stereocenters. The number of nitrogens with two attached hydrogens (primary N) is 3. The number of aliphatic hydroxyl groups is 2. The number of nitrogens with one attached hydrogen (secondary N) is 6. The SMILES string of the molecule is CC(C)C[C@H](NC(=O)[C@H](CCC(=O)O)NC(=O)CNC(=O)[C@H](CO)NC(=O)[C@@H](N)[C@@H](C)O)C(=O)N[C@H](C(=O)N[C@@H](CCCN=C(N)N)C(=O)O)C(C)C. The average molecular weight is 761 g/mol. The molecule has 302 valence electrons. The number of carboxylic acid groups (broad SMARTS) is 2. The van der Waals surface area contributed by atoms with Gasteiger partial charge in [0, 0.05) is 13.0 Å². The molecule has 0 aliphatic rings. The minimum absolute atomic E-state index is 0.0208. The summed E-state index contributed by atoms with van der Waals surface area (Å²) in [6, 6.07) is -8.34. The lowest BCUT2D eigenvalue weighted by molar-refractivity contribution is -0.143. The van der Waals surface area contributed by atoms with Crippen LogP contribution in [0.2, 0.25) is 0 Å². The molecule has 0 aliphatic heterocycles. The van der Waals surface area contributed by atoms with Crippen LogP contribution in [0.25, 0.3) is 0 Å². The van der Waals surface area contributed by atoms with Gasteiger partial charge >= 0.3 is 11.9 Å². The van der Waals surface area contributed by atoms with E-state index in [0.29, 0.717) is 0 Å². The van der Waals surface area contributed by atoms with E-state index in [2.05, 4.69) is 36.9 Å². The van der Waals surface area contributed by atoms with E-state index in [1.165, 1.54) is 6.92 Å². The minimum atomic E-state index is -1.55. The van der Waals surface area contributed by atoms with Crippen LogP contribution in [-0.4, -0.2) is 136 Å². The fourth-order valence-corrected chi connectivity index (χ4v) is 4.54. The van der Waals surface area contributed by atoms with Gasteiger partial charge in [0.05, 0.1) is 19.3 Å². The molecule has 0 spiro atoms. The third kappa shape index (κ3) is 19.4. The maximum absolute atomic E-state index is 13.5. The number of carbonyl (C=O) groups excluding carboxylic acids is 6. The van der Waals surface area contributed by atoms with Gasteiger partial charge in [-0.05, 0) is 44.4 Å². The third-order valence-electron chi connectivity index (χ3n) is 7.51. The molecule has 22 nitrogen and oxygen atoms in total. The zero-order valence-electron chi connectivity index (χ0n) is 30.6. The molecule has 0 aromatic rings. The summed E-state index contributed by atoms with van der Waals surface area (Å²) in [7, 11) is 0. The number of aliphatic hydroxyl groups excluding tert-OH is 2. The van der Waals surface area contributed by atoms with Crippen LogP contribution in [0.15, 0.2) is 4.99 Å². The highest BCUT2D eigenvalue weighted by molar-refractivity contribution is 5.96. The van der Waals surface area contributed by atoms with Crippen molar-refractivity contribution >= 4 is 53.3 Å². The van der Waals surface area contributed by atoms with E-state index in [1.807, 2.05) is 0 Å². The lowest BCUT2D eigenvalue weighted by Gasteiger charge is -2.28. The first-order valence-corrected chi connectivity index (χ1v) is 16.9. The Labute approximate surface area is 306 Å². The van der Waals surface area contributed by atoms with Crippen LogP contribution in [0.1, 0.15) is 66.7 Å². The van der Waals surface area contributed by atoms with E-state index in [4.69, 9.17) is 17.2 Å². The van der Waals surface area contributed by atoms with E-state index >= 15 is 0 Å². The third-order valence-corrected chi connectivity index (χ3v) is 7.51. The van der Waals surface area contributed by atoms with Crippen molar-refractivity contribution in [1.82, 2.24) is 31.9 Å². The molecule has 0 saturated heterocycles. The van der Waals surface area contributed by atoms with Crippen LogP contribution >= 0.6 is 0 Å². The monoisotopic (exact) mass is 760 g/mol. The summed E-state index contributed by atoms with van der Waals surface area (Å²) in [5, 5.41) is 51.8. The molecule has 16 N–H and O–H groups in total. The Morgan fingerprint density at radius 3 is 1.75 bits per heavy atom. The molecular formula is C31H56N10O12.